The maximum atomic E-state index is 4.42. The van der Waals surface area contributed by atoms with Gasteiger partial charge < -0.3 is 5.32 Å². The van der Waals surface area contributed by atoms with E-state index in [9.17, 15) is 0 Å². The first kappa shape index (κ1) is 13.1. The van der Waals surface area contributed by atoms with Gasteiger partial charge in [-0.25, -0.2) is 4.98 Å². The van der Waals surface area contributed by atoms with E-state index in [0.717, 1.165) is 17.3 Å². The maximum absolute atomic E-state index is 4.42. The normalized spacial score (nSPS) is 13.0. The third-order valence-corrected chi connectivity index (χ3v) is 4.26. The highest BCUT2D eigenvalue weighted by molar-refractivity contribution is 7.10. The molecule has 1 N–H and O–H groups in total. The molecule has 20 heavy (non-hydrogen) atoms. The van der Waals surface area contributed by atoms with Crippen molar-refractivity contribution < 1.29 is 0 Å². The quantitative estimate of drug-likeness (QED) is 0.800. The lowest BCUT2D eigenvalue weighted by atomic mass is 10.0. The molecule has 1 atom stereocenters. The van der Waals surface area contributed by atoms with Crippen LogP contribution in [-0.4, -0.2) is 19.6 Å². The van der Waals surface area contributed by atoms with Crippen LogP contribution in [0.15, 0.2) is 29.9 Å². The van der Waals surface area contributed by atoms with Crippen LogP contribution in [0.2, 0.25) is 0 Å². The Bertz CT molecular complexity index is 702. The van der Waals surface area contributed by atoms with E-state index in [1.54, 1.807) is 17.5 Å². The van der Waals surface area contributed by atoms with E-state index < -0.39 is 0 Å². The maximum Gasteiger partial charge on any atom is 0.203 e. The summed E-state index contributed by atoms with van der Waals surface area (Å²) in [4.78, 5) is 5.73. The summed E-state index contributed by atoms with van der Waals surface area (Å²) < 4.78 is 1.95. The molecule has 0 bridgehead atoms. The van der Waals surface area contributed by atoms with Gasteiger partial charge in [0.1, 0.15) is 5.82 Å². The third kappa shape index (κ3) is 2.27. The molecule has 6 heteroatoms. The molecule has 104 valence electrons. The van der Waals surface area contributed by atoms with Gasteiger partial charge >= 0.3 is 0 Å². The first-order valence-corrected chi connectivity index (χ1v) is 7.51. The molecule has 0 saturated heterocycles. The number of hydrogen-bond acceptors (Lipinski definition) is 5. The Morgan fingerprint density at radius 1 is 1.30 bits per heavy atom. The molecule has 3 heterocycles. The van der Waals surface area contributed by atoms with Crippen molar-refractivity contribution in [1.82, 2.24) is 19.6 Å². The zero-order chi connectivity index (χ0) is 14.1. The fourth-order valence-corrected chi connectivity index (χ4v) is 3.17. The topological polar surface area (TPSA) is 55.1 Å². The molecule has 0 radical (unpaired) electrons. The summed E-state index contributed by atoms with van der Waals surface area (Å²) in [6.07, 6.45) is 3.66. The lowest BCUT2D eigenvalue weighted by Crippen LogP contribution is -2.17. The number of nitrogens with zero attached hydrogens (tertiary/aromatic N) is 4. The molecule has 0 aliphatic heterocycles. The smallest absolute Gasteiger partial charge is 0.203 e. The van der Waals surface area contributed by atoms with Crippen LogP contribution < -0.4 is 5.32 Å². The molecule has 0 fully saturated rings. The van der Waals surface area contributed by atoms with Gasteiger partial charge in [0.05, 0.1) is 6.04 Å². The van der Waals surface area contributed by atoms with E-state index in [1.165, 1.54) is 4.88 Å². The Morgan fingerprint density at radius 3 is 2.85 bits per heavy atom. The predicted molar refractivity (Wildman–Crippen MR) is 81.0 cm³/mol. The van der Waals surface area contributed by atoms with Crippen LogP contribution in [0.1, 0.15) is 30.6 Å². The number of hydrogen-bond donors (Lipinski definition) is 1. The second-order valence-corrected chi connectivity index (χ2v) is 6.08. The predicted octanol–water partition coefficient (Wildman–Crippen LogP) is 3.30. The van der Waals surface area contributed by atoms with Gasteiger partial charge in [0.2, 0.25) is 5.65 Å². The molecule has 0 aliphatic rings. The van der Waals surface area contributed by atoms with Crippen molar-refractivity contribution in [2.24, 2.45) is 5.92 Å². The zero-order valence-electron chi connectivity index (χ0n) is 11.7. The minimum absolute atomic E-state index is 0.228. The van der Waals surface area contributed by atoms with E-state index in [2.05, 4.69) is 51.9 Å². The monoisotopic (exact) mass is 287 g/mol. The fraction of sp³-hybridized carbons (Fsp3) is 0.357. The van der Waals surface area contributed by atoms with Gasteiger partial charge in [-0.3, -0.25) is 4.40 Å². The molecular weight excluding hydrogens is 270 g/mol. The van der Waals surface area contributed by atoms with E-state index in [-0.39, 0.29) is 6.04 Å². The number of rotatable bonds is 4. The highest BCUT2D eigenvalue weighted by Gasteiger charge is 2.19. The van der Waals surface area contributed by atoms with Gasteiger partial charge in [0, 0.05) is 17.3 Å². The molecule has 0 saturated carbocycles. The van der Waals surface area contributed by atoms with Crippen molar-refractivity contribution in [3.8, 4) is 0 Å². The minimum Gasteiger partial charge on any atom is -0.359 e. The van der Waals surface area contributed by atoms with Gasteiger partial charge in [0.25, 0.3) is 0 Å². The lowest BCUT2D eigenvalue weighted by molar-refractivity contribution is 0.552. The summed E-state index contributed by atoms with van der Waals surface area (Å²) in [6.45, 7) is 6.34. The van der Waals surface area contributed by atoms with Gasteiger partial charge in [0.15, 0.2) is 5.82 Å². The zero-order valence-corrected chi connectivity index (χ0v) is 12.6. The van der Waals surface area contributed by atoms with Crippen LogP contribution >= 0.6 is 11.3 Å². The second kappa shape index (κ2) is 5.20. The van der Waals surface area contributed by atoms with E-state index >= 15 is 0 Å². The Morgan fingerprint density at radius 2 is 2.15 bits per heavy atom. The highest BCUT2D eigenvalue weighted by atomic mass is 32.1. The Hall–Kier alpha value is -1.95. The van der Waals surface area contributed by atoms with Crippen molar-refractivity contribution >= 4 is 22.8 Å². The Kier molecular flexibility index (Phi) is 3.40. The summed E-state index contributed by atoms with van der Waals surface area (Å²) in [5, 5.41) is 13.9. The van der Waals surface area contributed by atoms with Gasteiger partial charge in [-0.05, 0) is 24.3 Å². The molecule has 0 amide bonds. The van der Waals surface area contributed by atoms with Gasteiger partial charge in [-0.15, -0.1) is 21.5 Å². The van der Waals surface area contributed by atoms with Crippen molar-refractivity contribution in [2.45, 2.75) is 26.8 Å². The van der Waals surface area contributed by atoms with Crippen molar-refractivity contribution in [2.75, 3.05) is 5.32 Å². The van der Waals surface area contributed by atoms with Crippen molar-refractivity contribution in [3.63, 3.8) is 0 Å². The molecule has 0 spiro atoms. The molecule has 3 rings (SSSR count). The van der Waals surface area contributed by atoms with Crippen LogP contribution in [0, 0.1) is 12.8 Å². The molecule has 1 unspecified atom stereocenters. The van der Waals surface area contributed by atoms with Gasteiger partial charge in [-0.2, -0.15) is 0 Å². The largest absolute Gasteiger partial charge is 0.359 e. The van der Waals surface area contributed by atoms with E-state index in [4.69, 9.17) is 0 Å². The minimum atomic E-state index is 0.228. The van der Waals surface area contributed by atoms with Crippen LogP contribution in [0.25, 0.3) is 5.65 Å². The summed E-state index contributed by atoms with van der Waals surface area (Å²) >= 11 is 1.76. The molecule has 5 nitrogen and oxygen atoms in total. The molecular formula is C14H17N5S. The van der Waals surface area contributed by atoms with E-state index in [1.807, 2.05) is 17.5 Å². The SMILES string of the molecule is Cc1nnc2c(NC(c3cccs3)C(C)C)nccn12. The van der Waals surface area contributed by atoms with Crippen LogP contribution in [-0.2, 0) is 0 Å². The lowest BCUT2D eigenvalue weighted by Gasteiger charge is -2.21. The summed E-state index contributed by atoms with van der Waals surface area (Å²) in [7, 11) is 0. The average molecular weight is 287 g/mol. The van der Waals surface area contributed by atoms with Crippen molar-refractivity contribution in [1.29, 1.82) is 0 Å². The standard InChI is InChI=1S/C14H17N5S/c1-9(2)12(11-5-4-8-20-11)16-13-14-18-17-10(3)19(14)7-6-15-13/h4-9,12H,1-3H3,(H,15,16). The van der Waals surface area contributed by atoms with Gasteiger partial charge in [-0.1, -0.05) is 19.9 Å². The fourth-order valence-electron chi connectivity index (χ4n) is 2.23. The number of aryl methyl sites for hydroxylation is 1. The summed E-state index contributed by atoms with van der Waals surface area (Å²) in [6, 6.07) is 4.45. The first-order chi connectivity index (χ1) is 9.66. The highest BCUT2D eigenvalue weighted by Crippen LogP contribution is 2.30. The molecule has 0 aliphatic carbocycles. The third-order valence-electron chi connectivity index (χ3n) is 3.31. The Labute approximate surface area is 121 Å². The number of nitrogens with one attached hydrogen (secondary N) is 1. The molecule has 0 aromatic carbocycles. The molecule has 3 aromatic heterocycles. The number of anilines is 1. The second-order valence-electron chi connectivity index (χ2n) is 5.10. The van der Waals surface area contributed by atoms with Crippen LogP contribution in [0.3, 0.4) is 0 Å². The average Bonchev–Trinajstić information content (AvgIpc) is 3.06. The number of fused-ring (bicyclic) bond motifs is 1. The van der Waals surface area contributed by atoms with E-state index in [0.29, 0.717) is 5.92 Å². The van der Waals surface area contributed by atoms with Crippen LogP contribution in [0.5, 0.6) is 0 Å². The Balaban J connectivity index is 1.99. The van der Waals surface area contributed by atoms with Crippen molar-refractivity contribution in [3.05, 3.63) is 40.6 Å². The number of thiophene rings is 1. The first-order valence-electron chi connectivity index (χ1n) is 6.63. The molecule has 3 aromatic rings. The summed E-state index contributed by atoms with van der Waals surface area (Å²) in [5.74, 6) is 2.10. The van der Waals surface area contributed by atoms with Crippen LogP contribution in [0.4, 0.5) is 5.82 Å². The summed E-state index contributed by atoms with van der Waals surface area (Å²) in [5.41, 5.74) is 0.771. The number of aromatic nitrogens is 4.